The third-order valence-electron chi connectivity index (χ3n) is 2.81. The van der Waals surface area contributed by atoms with Gasteiger partial charge in [-0.2, -0.15) is 0 Å². The average molecular weight is 278 g/mol. The van der Waals surface area contributed by atoms with E-state index in [0.717, 1.165) is 11.0 Å². The van der Waals surface area contributed by atoms with Crippen molar-refractivity contribution in [2.75, 3.05) is 19.8 Å². The molecule has 0 aliphatic carbocycles. The van der Waals surface area contributed by atoms with Crippen LogP contribution in [0, 0.1) is 0 Å². The van der Waals surface area contributed by atoms with E-state index in [1.165, 1.54) is 0 Å². The second-order valence-electron chi connectivity index (χ2n) is 5.74. The highest BCUT2D eigenvalue weighted by Gasteiger charge is 2.14. The summed E-state index contributed by atoms with van der Waals surface area (Å²) in [6, 6.07) is 9.52. The molecule has 20 heavy (non-hydrogen) atoms. The zero-order chi connectivity index (χ0) is 14.6. The largest absolute Gasteiger partial charge is 0.458 e. The summed E-state index contributed by atoms with van der Waals surface area (Å²) >= 11 is 0. The number of furan rings is 1. The van der Waals surface area contributed by atoms with E-state index in [4.69, 9.17) is 13.9 Å². The number of hydrogen-bond donors (Lipinski definition) is 1. The number of benzene rings is 1. The molecule has 0 spiro atoms. The minimum absolute atomic E-state index is 0.166. The Bertz CT molecular complexity index is 506. The van der Waals surface area contributed by atoms with Crippen molar-refractivity contribution in [3.63, 3.8) is 0 Å². The maximum atomic E-state index is 10.0. The quantitative estimate of drug-likeness (QED) is 0.824. The molecule has 1 aromatic heterocycles. The first-order chi connectivity index (χ1) is 9.46. The maximum Gasteiger partial charge on any atom is 0.136 e. The van der Waals surface area contributed by atoms with Gasteiger partial charge in [-0.1, -0.05) is 18.2 Å². The molecule has 0 radical (unpaired) electrons. The smallest absolute Gasteiger partial charge is 0.136 e. The third-order valence-corrected chi connectivity index (χ3v) is 2.81. The van der Waals surface area contributed by atoms with E-state index in [9.17, 15) is 5.11 Å². The summed E-state index contributed by atoms with van der Waals surface area (Å²) in [4.78, 5) is 0. The lowest BCUT2D eigenvalue weighted by Crippen LogP contribution is -2.22. The molecule has 110 valence electrons. The van der Waals surface area contributed by atoms with Crippen molar-refractivity contribution in [3.8, 4) is 0 Å². The zero-order valence-corrected chi connectivity index (χ0v) is 12.3. The van der Waals surface area contributed by atoms with E-state index in [2.05, 4.69) is 0 Å². The van der Waals surface area contributed by atoms with Crippen molar-refractivity contribution in [2.45, 2.75) is 32.5 Å². The van der Waals surface area contributed by atoms with E-state index in [1.54, 1.807) is 0 Å². The van der Waals surface area contributed by atoms with Crippen molar-refractivity contribution in [1.29, 1.82) is 0 Å². The highest BCUT2D eigenvalue weighted by atomic mass is 16.5. The molecule has 1 unspecified atom stereocenters. The number of hydrogen-bond acceptors (Lipinski definition) is 4. The highest BCUT2D eigenvalue weighted by Crippen LogP contribution is 2.23. The van der Waals surface area contributed by atoms with Crippen LogP contribution in [-0.2, 0) is 9.47 Å². The molecule has 0 aliphatic rings. The fourth-order valence-corrected chi connectivity index (χ4v) is 1.85. The first-order valence-corrected chi connectivity index (χ1v) is 6.84. The molecule has 2 aromatic rings. The number of aliphatic hydroxyl groups is 1. The number of ether oxygens (including phenoxy) is 2. The van der Waals surface area contributed by atoms with E-state index in [-0.39, 0.29) is 12.2 Å². The van der Waals surface area contributed by atoms with Gasteiger partial charge in [0, 0.05) is 5.39 Å². The van der Waals surface area contributed by atoms with Gasteiger partial charge in [0.05, 0.1) is 25.4 Å². The van der Waals surface area contributed by atoms with Crippen molar-refractivity contribution in [1.82, 2.24) is 0 Å². The van der Waals surface area contributed by atoms with Gasteiger partial charge in [0.2, 0.25) is 0 Å². The topological polar surface area (TPSA) is 51.8 Å². The molecule has 0 saturated carbocycles. The Morgan fingerprint density at radius 2 is 1.95 bits per heavy atom. The van der Waals surface area contributed by atoms with Gasteiger partial charge in [-0.3, -0.25) is 0 Å². The molecule has 4 heteroatoms. The summed E-state index contributed by atoms with van der Waals surface area (Å²) in [5, 5.41) is 11.0. The van der Waals surface area contributed by atoms with Crippen LogP contribution in [0.2, 0.25) is 0 Å². The van der Waals surface area contributed by atoms with Crippen LogP contribution in [0.1, 0.15) is 32.6 Å². The molecule has 0 fully saturated rings. The fraction of sp³-hybridized carbons (Fsp3) is 0.500. The molecule has 1 atom stereocenters. The molecular weight excluding hydrogens is 256 g/mol. The fourth-order valence-electron chi connectivity index (χ4n) is 1.85. The van der Waals surface area contributed by atoms with Crippen molar-refractivity contribution >= 4 is 11.0 Å². The molecule has 4 nitrogen and oxygen atoms in total. The van der Waals surface area contributed by atoms with Crippen molar-refractivity contribution < 1.29 is 19.0 Å². The summed E-state index contributed by atoms with van der Waals surface area (Å²) in [6.07, 6.45) is -0.753. The van der Waals surface area contributed by atoms with Gasteiger partial charge in [-0.25, -0.2) is 0 Å². The Balaban J connectivity index is 1.78. The average Bonchev–Trinajstić information content (AvgIpc) is 2.80. The summed E-state index contributed by atoms with van der Waals surface area (Å²) in [5.41, 5.74) is 0.610. The third kappa shape index (κ3) is 4.34. The van der Waals surface area contributed by atoms with Crippen LogP contribution in [-0.4, -0.2) is 30.5 Å². The molecule has 0 aliphatic heterocycles. The van der Waals surface area contributed by atoms with Gasteiger partial charge in [0.15, 0.2) is 0 Å². The maximum absolute atomic E-state index is 10.0. The Labute approximate surface area is 119 Å². The first kappa shape index (κ1) is 15.0. The summed E-state index contributed by atoms with van der Waals surface area (Å²) in [6.45, 7) is 7.15. The van der Waals surface area contributed by atoms with Gasteiger partial charge in [-0.05, 0) is 32.9 Å². The predicted molar refractivity (Wildman–Crippen MR) is 77.7 cm³/mol. The van der Waals surface area contributed by atoms with Crippen LogP contribution in [0.3, 0.4) is 0 Å². The predicted octanol–water partition coefficient (Wildman–Crippen LogP) is 3.30. The van der Waals surface area contributed by atoms with E-state index in [0.29, 0.717) is 19.0 Å². The lowest BCUT2D eigenvalue weighted by atomic mass is 10.2. The van der Waals surface area contributed by atoms with Gasteiger partial charge >= 0.3 is 0 Å². The molecule has 1 N–H and O–H groups in total. The van der Waals surface area contributed by atoms with Gasteiger partial charge in [0.25, 0.3) is 0 Å². The molecule has 1 heterocycles. The standard InChI is InChI=1S/C16H22O4/c1-16(2,3)19-9-8-18-11-13(17)15-10-12-6-4-5-7-14(12)20-15/h4-7,10,13,17H,8-9,11H2,1-3H3. The molecule has 0 bridgehead atoms. The number of fused-ring (bicyclic) bond motifs is 1. The molecular formula is C16H22O4. The monoisotopic (exact) mass is 278 g/mol. The lowest BCUT2D eigenvalue weighted by molar-refractivity contribution is -0.0497. The Morgan fingerprint density at radius 1 is 1.20 bits per heavy atom. The van der Waals surface area contributed by atoms with E-state index < -0.39 is 6.10 Å². The number of rotatable bonds is 6. The van der Waals surface area contributed by atoms with Crippen molar-refractivity contribution in [3.05, 3.63) is 36.1 Å². The second-order valence-corrected chi connectivity index (χ2v) is 5.74. The Kier molecular flexibility index (Phi) is 4.81. The normalized spacial score (nSPS) is 13.8. The zero-order valence-electron chi connectivity index (χ0n) is 12.3. The SMILES string of the molecule is CC(C)(C)OCCOCC(O)c1cc2ccccc2o1. The highest BCUT2D eigenvalue weighted by molar-refractivity contribution is 5.77. The number of aliphatic hydroxyl groups excluding tert-OH is 1. The van der Waals surface area contributed by atoms with Crippen LogP contribution < -0.4 is 0 Å². The Morgan fingerprint density at radius 3 is 2.65 bits per heavy atom. The molecule has 1 aromatic carbocycles. The van der Waals surface area contributed by atoms with Crippen LogP contribution in [0.25, 0.3) is 11.0 Å². The van der Waals surface area contributed by atoms with Crippen LogP contribution in [0.5, 0.6) is 0 Å². The summed E-state index contributed by atoms with van der Waals surface area (Å²) in [5.74, 6) is 0.530. The minimum Gasteiger partial charge on any atom is -0.458 e. The first-order valence-electron chi connectivity index (χ1n) is 6.84. The molecule has 2 rings (SSSR count). The number of para-hydroxylation sites is 1. The Hall–Kier alpha value is -1.36. The molecule has 0 amide bonds. The minimum atomic E-state index is -0.753. The van der Waals surface area contributed by atoms with Crippen molar-refractivity contribution in [2.24, 2.45) is 0 Å². The summed E-state index contributed by atoms with van der Waals surface area (Å²) in [7, 11) is 0. The van der Waals surface area contributed by atoms with Gasteiger partial charge < -0.3 is 19.0 Å². The van der Waals surface area contributed by atoms with Crippen LogP contribution >= 0.6 is 0 Å². The van der Waals surface area contributed by atoms with E-state index in [1.807, 2.05) is 51.1 Å². The van der Waals surface area contributed by atoms with Crippen LogP contribution in [0.4, 0.5) is 0 Å². The molecule has 0 saturated heterocycles. The second kappa shape index (κ2) is 6.39. The van der Waals surface area contributed by atoms with Crippen LogP contribution in [0.15, 0.2) is 34.7 Å². The summed E-state index contributed by atoms with van der Waals surface area (Å²) < 4.78 is 16.5. The van der Waals surface area contributed by atoms with Gasteiger partial charge in [-0.15, -0.1) is 0 Å². The van der Waals surface area contributed by atoms with E-state index >= 15 is 0 Å². The lowest BCUT2D eigenvalue weighted by Gasteiger charge is -2.19. The van der Waals surface area contributed by atoms with Gasteiger partial charge in [0.1, 0.15) is 17.4 Å².